The van der Waals surface area contributed by atoms with Crippen LogP contribution < -0.4 is 0 Å². The lowest BCUT2D eigenvalue weighted by molar-refractivity contribution is -0.138. The maximum atomic E-state index is 10.5. The molecule has 0 radical (unpaired) electrons. The van der Waals surface area contributed by atoms with E-state index in [1.54, 1.807) is 0 Å². The predicted molar refractivity (Wildman–Crippen MR) is 65.0 cm³/mol. The van der Waals surface area contributed by atoms with Gasteiger partial charge in [-0.15, -0.1) is 10.2 Å². The normalized spacial score (nSPS) is 10.8. The summed E-state index contributed by atoms with van der Waals surface area (Å²) >= 11 is 0. The largest absolute Gasteiger partial charge is 0.480 e. The SMILES string of the molecule is CC(C)c1ccc(-c2nnn(CC(=O)O)n2)cc1. The molecule has 6 heteroatoms. The topological polar surface area (TPSA) is 80.9 Å². The molecule has 0 unspecified atom stereocenters. The van der Waals surface area contributed by atoms with Gasteiger partial charge in [-0.25, -0.2) is 0 Å². The average Bonchev–Trinajstić information content (AvgIpc) is 2.76. The smallest absolute Gasteiger partial charge is 0.327 e. The van der Waals surface area contributed by atoms with Crippen molar-refractivity contribution in [2.24, 2.45) is 0 Å². The first-order valence-electron chi connectivity index (χ1n) is 5.66. The summed E-state index contributed by atoms with van der Waals surface area (Å²) in [6, 6.07) is 7.85. The Kier molecular flexibility index (Phi) is 3.36. The molecular formula is C12H14N4O2. The fourth-order valence-electron chi connectivity index (χ4n) is 1.56. The minimum atomic E-state index is -0.992. The summed E-state index contributed by atoms with van der Waals surface area (Å²) < 4.78 is 0. The van der Waals surface area contributed by atoms with Crippen molar-refractivity contribution in [3.05, 3.63) is 29.8 Å². The van der Waals surface area contributed by atoms with E-state index in [4.69, 9.17) is 5.11 Å². The molecule has 1 aromatic heterocycles. The molecule has 0 spiro atoms. The number of carboxylic acid groups (broad SMARTS) is 1. The molecule has 18 heavy (non-hydrogen) atoms. The summed E-state index contributed by atoms with van der Waals surface area (Å²) in [5, 5.41) is 20.1. The van der Waals surface area contributed by atoms with Crippen LogP contribution in [0.1, 0.15) is 25.3 Å². The molecule has 0 amide bonds. The zero-order valence-electron chi connectivity index (χ0n) is 10.2. The summed E-state index contributed by atoms with van der Waals surface area (Å²) in [7, 11) is 0. The number of rotatable bonds is 4. The van der Waals surface area contributed by atoms with Crippen LogP contribution in [0.4, 0.5) is 0 Å². The third-order valence-corrected chi connectivity index (χ3v) is 2.57. The third kappa shape index (κ3) is 2.71. The molecule has 2 aromatic rings. The molecule has 0 saturated carbocycles. The van der Waals surface area contributed by atoms with Crippen LogP contribution in [-0.2, 0) is 11.3 Å². The Balaban J connectivity index is 2.20. The van der Waals surface area contributed by atoms with E-state index in [-0.39, 0.29) is 6.54 Å². The lowest BCUT2D eigenvalue weighted by atomic mass is 10.0. The molecular weight excluding hydrogens is 232 g/mol. The standard InChI is InChI=1S/C12H14N4O2/c1-8(2)9-3-5-10(6-4-9)12-13-15-16(14-12)7-11(17)18/h3-6,8H,7H2,1-2H3,(H,17,18). The van der Waals surface area contributed by atoms with Gasteiger partial charge in [-0.3, -0.25) is 4.79 Å². The number of nitrogens with zero attached hydrogens (tertiary/aromatic N) is 4. The van der Waals surface area contributed by atoms with Crippen molar-refractivity contribution in [3.63, 3.8) is 0 Å². The molecule has 1 N–H and O–H groups in total. The lowest BCUT2D eigenvalue weighted by Gasteiger charge is -2.04. The highest BCUT2D eigenvalue weighted by molar-refractivity contribution is 5.66. The third-order valence-electron chi connectivity index (χ3n) is 2.57. The Morgan fingerprint density at radius 2 is 2.00 bits per heavy atom. The van der Waals surface area contributed by atoms with E-state index < -0.39 is 5.97 Å². The Hall–Kier alpha value is -2.24. The van der Waals surface area contributed by atoms with Crippen LogP contribution in [0.5, 0.6) is 0 Å². The van der Waals surface area contributed by atoms with Crippen LogP contribution in [-0.4, -0.2) is 31.3 Å². The second-order valence-electron chi connectivity index (χ2n) is 4.31. The van der Waals surface area contributed by atoms with Crippen molar-refractivity contribution in [2.75, 3.05) is 0 Å². The fourth-order valence-corrected chi connectivity index (χ4v) is 1.56. The zero-order valence-corrected chi connectivity index (χ0v) is 10.2. The highest BCUT2D eigenvalue weighted by Crippen LogP contribution is 2.19. The van der Waals surface area contributed by atoms with Crippen LogP contribution in [0, 0.1) is 0 Å². The Morgan fingerprint density at radius 3 is 2.56 bits per heavy atom. The Bertz CT molecular complexity index is 545. The van der Waals surface area contributed by atoms with E-state index in [0.717, 1.165) is 10.4 Å². The highest BCUT2D eigenvalue weighted by Gasteiger charge is 2.08. The van der Waals surface area contributed by atoms with Crippen LogP contribution in [0.2, 0.25) is 0 Å². The van der Waals surface area contributed by atoms with Crippen LogP contribution in [0.15, 0.2) is 24.3 Å². The molecule has 0 aliphatic carbocycles. The van der Waals surface area contributed by atoms with Gasteiger partial charge in [0.25, 0.3) is 0 Å². The molecule has 94 valence electrons. The molecule has 2 rings (SSSR count). The van der Waals surface area contributed by atoms with Crippen LogP contribution in [0.3, 0.4) is 0 Å². The van der Waals surface area contributed by atoms with Gasteiger partial charge in [0, 0.05) is 5.56 Å². The molecule has 0 atom stereocenters. The van der Waals surface area contributed by atoms with Crippen molar-refractivity contribution in [2.45, 2.75) is 26.3 Å². The van der Waals surface area contributed by atoms with Crippen molar-refractivity contribution < 1.29 is 9.90 Å². The van der Waals surface area contributed by atoms with E-state index >= 15 is 0 Å². The molecule has 6 nitrogen and oxygen atoms in total. The second-order valence-corrected chi connectivity index (χ2v) is 4.31. The highest BCUT2D eigenvalue weighted by atomic mass is 16.4. The van der Waals surface area contributed by atoms with Crippen molar-refractivity contribution >= 4 is 5.97 Å². The van der Waals surface area contributed by atoms with Crippen molar-refractivity contribution in [1.29, 1.82) is 0 Å². The van der Waals surface area contributed by atoms with Gasteiger partial charge in [-0.1, -0.05) is 38.1 Å². The number of hydrogen-bond acceptors (Lipinski definition) is 4. The van der Waals surface area contributed by atoms with Gasteiger partial charge in [0.1, 0.15) is 0 Å². The fraction of sp³-hybridized carbons (Fsp3) is 0.333. The minimum absolute atomic E-state index is 0.281. The van der Waals surface area contributed by atoms with Gasteiger partial charge in [0.05, 0.1) is 0 Å². The Morgan fingerprint density at radius 1 is 1.33 bits per heavy atom. The van der Waals surface area contributed by atoms with E-state index in [0.29, 0.717) is 11.7 Å². The maximum Gasteiger partial charge on any atom is 0.327 e. The van der Waals surface area contributed by atoms with E-state index in [2.05, 4.69) is 29.3 Å². The van der Waals surface area contributed by atoms with Gasteiger partial charge in [-0.05, 0) is 16.7 Å². The molecule has 1 aromatic carbocycles. The maximum absolute atomic E-state index is 10.5. The number of carbonyl (C=O) groups is 1. The van der Waals surface area contributed by atoms with Gasteiger partial charge in [-0.2, -0.15) is 4.80 Å². The molecule has 0 aliphatic heterocycles. The molecule has 0 aliphatic rings. The number of hydrogen-bond donors (Lipinski definition) is 1. The van der Waals surface area contributed by atoms with Gasteiger partial charge in [0.15, 0.2) is 6.54 Å². The second kappa shape index (κ2) is 4.95. The number of benzene rings is 1. The summed E-state index contributed by atoms with van der Waals surface area (Å²) in [6.45, 7) is 3.96. The Labute approximate surface area is 104 Å². The quantitative estimate of drug-likeness (QED) is 0.885. The number of aliphatic carboxylic acids is 1. The van der Waals surface area contributed by atoms with Crippen molar-refractivity contribution in [3.8, 4) is 11.4 Å². The van der Waals surface area contributed by atoms with Gasteiger partial charge in [0.2, 0.25) is 5.82 Å². The summed E-state index contributed by atoms with van der Waals surface area (Å²) in [4.78, 5) is 11.6. The van der Waals surface area contributed by atoms with Crippen LogP contribution >= 0.6 is 0 Å². The molecule has 1 heterocycles. The molecule has 0 fully saturated rings. The summed E-state index contributed by atoms with van der Waals surface area (Å²) in [5.41, 5.74) is 2.06. The lowest BCUT2D eigenvalue weighted by Crippen LogP contribution is -2.11. The summed E-state index contributed by atoms with van der Waals surface area (Å²) in [5.74, 6) is -0.0876. The summed E-state index contributed by atoms with van der Waals surface area (Å²) in [6.07, 6.45) is 0. The molecule has 0 bridgehead atoms. The zero-order chi connectivity index (χ0) is 13.1. The van der Waals surface area contributed by atoms with Gasteiger partial charge >= 0.3 is 5.97 Å². The van der Waals surface area contributed by atoms with E-state index in [1.165, 1.54) is 5.56 Å². The van der Waals surface area contributed by atoms with E-state index in [9.17, 15) is 4.79 Å². The first kappa shape index (κ1) is 12.2. The molecule has 0 saturated heterocycles. The number of carboxylic acids is 1. The number of tetrazole rings is 1. The van der Waals surface area contributed by atoms with Gasteiger partial charge < -0.3 is 5.11 Å². The van der Waals surface area contributed by atoms with E-state index in [1.807, 2.05) is 24.3 Å². The first-order valence-corrected chi connectivity index (χ1v) is 5.66. The predicted octanol–water partition coefficient (Wildman–Crippen LogP) is 1.55. The van der Waals surface area contributed by atoms with Crippen LogP contribution in [0.25, 0.3) is 11.4 Å². The minimum Gasteiger partial charge on any atom is -0.480 e. The monoisotopic (exact) mass is 246 g/mol. The van der Waals surface area contributed by atoms with Crippen molar-refractivity contribution in [1.82, 2.24) is 20.2 Å². The first-order chi connectivity index (χ1) is 8.56. The average molecular weight is 246 g/mol. The number of aromatic nitrogens is 4.